The van der Waals surface area contributed by atoms with Crippen molar-refractivity contribution in [2.45, 2.75) is 6.54 Å². The number of amides is 1. The van der Waals surface area contributed by atoms with E-state index in [1.807, 2.05) is 0 Å². The highest BCUT2D eigenvalue weighted by Crippen LogP contribution is 2.28. The topological polar surface area (TPSA) is 142 Å². The molecular weight excluding hydrogens is 424 g/mol. The quantitative estimate of drug-likeness (QED) is 0.478. The van der Waals surface area contributed by atoms with E-state index >= 15 is 0 Å². The van der Waals surface area contributed by atoms with Crippen LogP contribution in [0.5, 0.6) is 0 Å². The van der Waals surface area contributed by atoms with Crippen molar-refractivity contribution in [3.63, 3.8) is 0 Å². The monoisotopic (exact) mass is 439 g/mol. The Hall–Kier alpha value is -4.48. The van der Waals surface area contributed by atoms with Crippen LogP contribution in [0.2, 0.25) is 0 Å². The Balaban J connectivity index is 1.75. The zero-order chi connectivity index (χ0) is 22.8. The highest BCUT2D eigenvalue weighted by Gasteiger charge is 2.23. The van der Waals surface area contributed by atoms with Gasteiger partial charge in [0.05, 0.1) is 6.20 Å². The number of halogens is 2. The fraction of sp³-hybridized carbons (Fsp3) is 0.100. The van der Waals surface area contributed by atoms with E-state index in [0.29, 0.717) is 0 Å². The lowest BCUT2D eigenvalue weighted by Crippen LogP contribution is -2.27. The second-order valence-electron chi connectivity index (χ2n) is 6.56. The average molecular weight is 439 g/mol. The van der Waals surface area contributed by atoms with Crippen LogP contribution in [0, 0.1) is 11.6 Å². The van der Waals surface area contributed by atoms with Crippen LogP contribution in [-0.2, 0) is 13.6 Å². The van der Waals surface area contributed by atoms with Gasteiger partial charge in [0.2, 0.25) is 5.89 Å². The minimum absolute atomic E-state index is 0.0650. The van der Waals surface area contributed by atoms with Crippen LogP contribution in [0.15, 0.2) is 52.0 Å². The van der Waals surface area contributed by atoms with Crippen molar-refractivity contribution in [1.29, 1.82) is 0 Å². The summed E-state index contributed by atoms with van der Waals surface area (Å²) in [5, 5.41) is 6.50. The first-order chi connectivity index (χ1) is 15.3. The molecule has 4 rings (SSSR count). The molecule has 0 aliphatic carbocycles. The molecule has 162 valence electrons. The Morgan fingerprint density at radius 2 is 1.91 bits per heavy atom. The van der Waals surface area contributed by atoms with Crippen LogP contribution < -0.4 is 16.6 Å². The smallest absolute Gasteiger partial charge is 0.274 e. The van der Waals surface area contributed by atoms with Gasteiger partial charge in [-0.2, -0.15) is 5.10 Å². The molecule has 12 heteroatoms. The Kier molecular flexibility index (Phi) is 5.41. The zero-order valence-electron chi connectivity index (χ0n) is 16.5. The van der Waals surface area contributed by atoms with Crippen molar-refractivity contribution in [3.8, 4) is 23.0 Å². The van der Waals surface area contributed by atoms with Crippen molar-refractivity contribution in [2.24, 2.45) is 7.05 Å². The lowest BCUT2D eigenvalue weighted by Gasteiger charge is -2.12. The normalized spacial score (nSPS) is 10.8. The van der Waals surface area contributed by atoms with Gasteiger partial charge in [-0.25, -0.2) is 28.4 Å². The highest BCUT2D eigenvalue weighted by atomic mass is 19.1. The summed E-state index contributed by atoms with van der Waals surface area (Å²) in [6, 6.07) is 6.03. The lowest BCUT2D eigenvalue weighted by molar-refractivity contribution is 0.0946. The lowest BCUT2D eigenvalue weighted by atomic mass is 10.2. The number of carbonyl (C=O) groups excluding carboxylic acids is 1. The Morgan fingerprint density at radius 3 is 2.56 bits per heavy atom. The fourth-order valence-corrected chi connectivity index (χ4v) is 2.87. The summed E-state index contributed by atoms with van der Waals surface area (Å²) in [6.45, 7) is -0.437. The molecule has 32 heavy (non-hydrogen) atoms. The SMILES string of the molecule is Cn1nc(-c2nc(C(=O)NCc3c(F)cccc3F)c(N)nc2-c2ncco2)ccc1=O. The number of aromatic nitrogens is 5. The minimum Gasteiger partial charge on any atom is -0.443 e. The first-order valence-corrected chi connectivity index (χ1v) is 9.18. The maximum atomic E-state index is 13.9. The molecule has 0 bridgehead atoms. The molecule has 1 amide bonds. The summed E-state index contributed by atoms with van der Waals surface area (Å²) in [5.41, 5.74) is 5.31. The number of nitrogens with zero attached hydrogens (tertiary/aromatic N) is 5. The van der Waals surface area contributed by atoms with Gasteiger partial charge in [0.15, 0.2) is 17.2 Å². The maximum absolute atomic E-state index is 13.9. The summed E-state index contributed by atoms with van der Waals surface area (Å²) in [4.78, 5) is 36.9. The number of hydrogen-bond donors (Lipinski definition) is 2. The zero-order valence-corrected chi connectivity index (χ0v) is 16.5. The standard InChI is InChI=1S/C20H15F2N7O3/c1-29-14(30)6-5-13(28-29)15-16(20-24-7-8-32-20)27-18(23)17(26-15)19(31)25-9-10-11(21)3-2-4-12(10)22/h2-8H,9H2,1H3,(H2,23,27)(H,25,31). The van der Waals surface area contributed by atoms with Gasteiger partial charge in [-0.15, -0.1) is 0 Å². The number of oxazole rings is 1. The van der Waals surface area contributed by atoms with E-state index in [1.54, 1.807) is 0 Å². The number of rotatable bonds is 5. The molecule has 0 aliphatic heterocycles. The van der Waals surface area contributed by atoms with Crippen molar-refractivity contribution in [1.82, 2.24) is 30.0 Å². The van der Waals surface area contributed by atoms with E-state index in [0.717, 1.165) is 16.8 Å². The predicted octanol–water partition coefficient (Wildman–Crippen LogP) is 1.68. The van der Waals surface area contributed by atoms with E-state index in [2.05, 4.69) is 25.4 Å². The van der Waals surface area contributed by atoms with Crippen LogP contribution in [-0.4, -0.2) is 30.6 Å². The average Bonchev–Trinajstić information content (AvgIpc) is 3.30. The molecule has 0 saturated carbocycles. The van der Waals surface area contributed by atoms with Gasteiger partial charge in [0.25, 0.3) is 11.5 Å². The molecule has 0 spiro atoms. The van der Waals surface area contributed by atoms with Gasteiger partial charge in [-0.05, 0) is 18.2 Å². The van der Waals surface area contributed by atoms with E-state index < -0.39 is 24.1 Å². The van der Waals surface area contributed by atoms with Gasteiger partial charge < -0.3 is 15.5 Å². The largest absolute Gasteiger partial charge is 0.443 e. The number of nitrogens with one attached hydrogen (secondary N) is 1. The Labute approximate surface area is 178 Å². The summed E-state index contributed by atoms with van der Waals surface area (Å²) >= 11 is 0. The van der Waals surface area contributed by atoms with Crippen molar-refractivity contribution in [2.75, 3.05) is 5.73 Å². The summed E-state index contributed by atoms with van der Waals surface area (Å²) in [6.07, 6.45) is 2.70. The van der Waals surface area contributed by atoms with E-state index in [-0.39, 0.29) is 45.6 Å². The third-order valence-electron chi connectivity index (χ3n) is 4.46. The molecule has 0 atom stereocenters. The molecule has 3 aromatic heterocycles. The number of benzene rings is 1. The van der Waals surface area contributed by atoms with E-state index in [4.69, 9.17) is 10.2 Å². The van der Waals surface area contributed by atoms with Gasteiger partial charge in [-0.3, -0.25) is 9.59 Å². The van der Waals surface area contributed by atoms with Crippen LogP contribution in [0.25, 0.3) is 23.0 Å². The van der Waals surface area contributed by atoms with Gasteiger partial charge in [-0.1, -0.05) is 6.07 Å². The molecule has 0 saturated heterocycles. The van der Waals surface area contributed by atoms with Crippen LogP contribution in [0.3, 0.4) is 0 Å². The number of hydrogen-bond acceptors (Lipinski definition) is 8. The van der Waals surface area contributed by atoms with E-state index in [9.17, 15) is 18.4 Å². The number of carbonyl (C=O) groups is 1. The molecular formula is C20H15F2N7O3. The van der Waals surface area contributed by atoms with Crippen molar-refractivity contribution in [3.05, 3.63) is 76.0 Å². The third kappa shape index (κ3) is 3.93. The second-order valence-corrected chi connectivity index (χ2v) is 6.56. The van der Waals surface area contributed by atoms with Crippen LogP contribution in [0.4, 0.5) is 14.6 Å². The first kappa shape index (κ1) is 20.8. The molecule has 0 aliphatic rings. The number of aryl methyl sites for hydroxylation is 1. The predicted molar refractivity (Wildman–Crippen MR) is 108 cm³/mol. The molecule has 0 fully saturated rings. The maximum Gasteiger partial charge on any atom is 0.274 e. The summed E-state index contributed by atoms with van der Waals surface area (Å²) in [7, 11) is 1.44. The molecule has 4 aromatic rings. The van der Waals surface area contributed by atoms with Crippen molar-refractivity contribution < 1.29 is 18.0 Å². The Morgan fingerprint density at radius 1 is 1.16 bits per heavy atom. The second kappa shape index (κ2) is 8.34. The molecule has 3 N–H and O–H groups in total. The molecule has 0 radical (unpaired) electrons. The minimum atomic E-state index is -0.817. The van der Waals surface area contributed by atoms with Gasteiger partial charge >= 0.3 is 0 Å². The van der Waals surface area contributed by atoms with Crippen LogP contribution in [0.1, 0.15) is 16.1 Å². The molecule has 10 nitrogen and oxygen atoms in total. The highest BCUT2D eigenvalue weighted by molar-refractivity contribution is 5.97. The fourth-order valence-electron chi connectivity index (χ4n) is 2.87. The molecule has 0 unspecified atom stereocenters. The summed E-state index contributed by atoms with van der Waals surface area (Å²) < 4.78 is 34.1. The van der Waals surface area contributed by atoms with Gasteiger partial charge in [0.1, 0.15) is 29.3 Å². The third-order valence-corrected chi connectivity index (χ3v) is 4.46. The number of nitrogens with two attached hydrogens (primary N) is 1. The number of nitrogen functional groups attached to an aromatic ring is 1. The van der Waals surface area contributed by atoms with Crippen molar-refractivity contribution >= 4 is 11.7 Å². The molecule has 1 aromatic carbocycles. The Bertz CT molecular complexity index is 1350. The first-order valence-electron chi connectivity index (χ1n) is 9.18. The number of anilines is 1. The van der Waals surface area contributed by atoms with Crippen LogP contribution >= 0.6 is 0 Å². The van der Waals surface area contributed by atoms with Gasteiger partial charge in [0, 0.05) is 25.2 Å². The van der Waals surface area contributed by atoms with E-state index in [1.165, 1.54) is 37.7 Å². The molecule has 3 heterocycles. The summed E-state index contributed by atoms with van der Waals surface area (Å²) in [5.74, 6) is -2.63.